The number of hydrogen-bond acceptors (Lipinski definition) is 6. The van der Waals surface area contributed by atoms with Gasteiger partial charge >= 0.3 is 0 Å². The molecule has 4 rings (SSSR count). The van der Waals surface area contributed by atoms with Crippen LogP contribution in [-0.2, 0) is 11.3 Å². The molecule has 1 fully saturated rings. The van der Waals surface area contributed by atoms with Gasteiger partial charge in [-0.05, 0) is 36.2 Å². The van der Waals surface area contributed by atoms with E-state index in [2.05, 4.69) is 11.0 Å². The summed E-state index contributed by atoms with van der Waals surface area (Å²) < 4.78 is 22.0. The van der Waals surface area contributed by atoms with Gasteiger partial charge in [-0.1, -0.05) is 19.1 Å². The molecule has 1 saturated heterocycles. The quantitative estimate of drug-likeness (QED) is 0.697. The zero-order valence-corrected chi connectivity index (χ0v) is 17.5. The first-order valence-electron chi connectivity index (χ1n) is 10.4. The van der Waals surface area contributed by atoms with Gasteiger partial charge in [0.15, 0.2) is 17.6 Å². The average Bonchev–Trinajstić information content (AvgIpc) is 3.25. The number of carbonyl (C=O) groups is 1. The molecule has 2 aliphatic rings. The fraction of sp³-hybridized carbons (Fsp3) is 0.435. The summed E-state index contributed by atoms with van der Waals surface area (Å²) in [6.45, 7) is 6.14. The van der Waals surface area contributed by atoms with Crippen LogP contribution in [0.25, 0.3) is 0 Å². The van der Waals surface area contributed by atoms with Crippen LogP contribution in [0.15, 0.2) is 42.5 Å². The molecule has 7 heteroatoms. The van der Waals surface area contributed by atoms with Gasteiger partial charge in [0.25, 0.3) is 5.91 Å². The molecule has 0 aromatic heterocycles. The summed E-state index contributed by atoms with van der Waals surface area (Å²) in [6, 6.07) is 13.4. The third-order valence-corrected chi connectivity index (χ3v) is 5.49. The molecule has 0 unspecified atom stereocenters. The van der Waals surface area contributed by atoms with Crippen molar-refractivity contribution < 1.29 is 23.7 Å². The molecule has 7 nitrogen and oxygen atoms in total. The smallest absolute Gasteiger partial charge is 0.263 e. The second-order valence-electron chi connectivity index (χ2n) is 7.48. The lowest BCUT2D eigenvalue weighted by atomic mass is 10.1. The van der Waals surface area contributed by atoms with Crippen LogP contribution in [-0.4, -0.2) is 61.9 Å². The van der Waals surface area contributed by atoms with Gasteiger partial charge in [-0.3, -0.25) is 9.69 Å². The Hall–Kier alpha value is -2.93. The van der Waals surface area contributed by atoms with Crippen molar-refractivity contribution in [1.29, 1.82) is 0 Å². The number of benzene rings is 2. The van der Waals surface area contributed by atoms with Crippen LogP contribution in [0.5, 0.6) is 23.0 Å². The molecule has 2 heterocycles. The first-order chi connectivity index (χ1) is 14.7. The summed E-state index contributed by atoms with van der Waals surface area (Å²) in [6.07, 6.45) is 0.130. The molecule has 0 bridgehead atoms. The van der Waals surface area contributed by atoms with E-state index in [0.29, 0.717) is 31.0 Å². The van der Waals surface area contributed by atoms with E-state index in [9.17, 15) is 4.79 Å². The Bertz CT molecular complexity index is 880. The molecular weight excluding hydrogens is 384 g/mol. The maximum Gasteiger partial charge on any atom is 0.263 e. The lowest BCUT2D eigenvalue weighted by Crippen LogP contribution is -2.52. The standard InChI is InChI=1S/C23H28N2O5/c1-3-20(30-19-6-4-5-18(14-19)27-2)23(26)25-11-9-24(10-12-25)15-17-7-8-21-22(13-17)29-16-28-21/h4-8,13-14,20H,3,9-12,15-16H2,1-2H3/t20-/m0/s1. The van der Waals surface area contributed by atoms with Crippen LogP contribution < -0.4 is 18.9 Å². The van der Waals surface area contributed by atoms with Crippen molar-refractivity contribution in [1.82, 2.24) is 9.80 Å². The van der Waals surface area contributed by atoms with Crippen LogP contribution in [0.1, 0.15) is 18.9 Å². The van der Waals surface area contributed by atoms with E-state index in [4.69, 9.17) is 18.9 Å². The first-order valence-corrected chi connectivity index (χ1v) is 10.4. The van der Waals surface area contributed by atoms with Gasteiger partial charge in [-0.15, -0.1) is 0 Å². The highest BCUT2D eigenvalue weighted by Gasteiger charge is 2.28. The van der Waals surface area contributed by atoms with Crippen LogP contribution >= 0.6 is 0 Å². The number of rotatable bonds is 7. The number of carbonyl (C=O) groups excluding carboxylic acids is 1. The fourth-order valence-corrected chi connectivity index (χ4v) is 3.77. The van der Waals surface area contributed by atoms with E-state index in [1.165, 1.54) is 5.56 Å². The van der Waals surface area contributed by atoms with Crippen LogP contribution in [0.3, 0.4) is 0 Å². The molecule has 1 atom stereocenters. The Kier molecular flexibility index (Phi) is 6.28. The maximum atomic E-state index is 13.0. The van der Waals surface area contributed by atoms with Gasteiger partial charge in [0.1, 0.15) is 11.5 Å². The Labute approximate surface area is 177 Å². The van der Waals surface area contributed by atoms with Crippen molar-refractivity contribution in [3.05, 3.63) is 48.0 Å². The lowest BCUT2D eigenvalue weighted by molar-refractivity contribution is -0.140. The largest absolute Gasteiger partial charge is 0.497 e. The highest BCUT2D eigenvalue weighted by atomic mass is 16.7. The van der Waals surface area contributed by atoms with Gasteiger partial charge in [0.05, 0.1) is 7.11 Å². The number of nitrogens with zero attached hydrogens (tertiary/aromatic N) is 2. The molecule has 2 aromatic carbocycles. The van der Waals surface area contributed by atoms with E-state index >= 15 is 0 Å². The van der Waals surface area contributed by atoms with Crippen molar-refractivity contribution in [2.24, 2.45) is 0 Å². The van der Waals surface area contributed by atoms with Crippen LogP contribution in [0.2, 0.25) is 0 Å². The molecule has 2 aromatic rings. The molecule has 0 saturated carbocycles. The normalized spacial score (nSPS) is 16.9. The van der Waals surface area contributed by atoms with Gasteiger partial charge < -0.3 is 23.8 Å². The molecule has 0 aliphatic carbocycles. The van der Waals surface area contributed by atoms with E-state index in [-0.39, 0.29) is 12.7 Å². The number of piperazine rings is 1. The highest BCUT2D eigenvalue weighted by molar-refractivity contribution is 5.81. The fourth-order valence-electron chi connectivity index (χ4n) is 3.77. The van der Waals surface area contributed by atoms with Crippen molar-refractivity contribution in [3.63, 3.8) is 0 Å². The van der Waals surface area contributed by atoms with Gasteiger partial charge in [0.2, 0.25) is 6.79 Å². The average molecular weight is 412 g/mol. The van der Waals surface area contributed by atoms with Gasteiger partial charge in [0, 0.05) is 38.8 Å². The molecule has 0 spiro atoms. The molecule has 0 radical (unpaired) electrons. The summed E-state index contributed by atoms with van der Waals surface area (Å²) in [5.41, 5.74) is 1.19. The Morgan fingerprint density at radius 2 is 1.80 bits per heavy atom. The van der Waals surface area contributed by atoms with Crippen molar-refractivity contribution >= 4 is 5.91 Å². The molecule has 160 valence electrons. The zero-order valence-electron chi connectivity index (χ0n) is 17.5. The molecule has 2 aliphatic heterocycles. The Morgan fingerprint density at radius 3 is 2.57 bits per heavy atom. The summed E-state index contributed by atoms with van der Waals surface area (Å²) in [5.74, 6) is 3.02. The van der Waals surface area contributed by atoms with Crippen molar-refractivity contribution in [2.75, 3.05) is 40.1 Å². The van der Waals surface area contributed by atoms with Crippen LogP contribution in [0.4, 0.5) is 0 Å². The SMILES string of the molecule is CC[C@H](Oc1cccc(OC)c1)C(=O)N1CCN(Cc2ccc3c(c2)OCO3)CC1. The van der Waals surface area contributed by atoms with Crippen molar-refractivity contribution in [3.8, 4) is 23.0 Å². The number of hydrogen-bond donors (Lipinski definition) is 0. The topological polar surface area (TPSA) is 60.5 Å². The van der Waals surface area contributed by atoms with Gasteiger partial charge in [-0.25, -0.2) is 0 Å². The zero-order chi connectivity index (χ0) is 20.9. The number of fused-ring (bicyclic) bond motifs is 1. The summed E-state index contributed by atoms with van der Waals surface area (Å²) in [5, 5.41) is 0. The number of amides is 1. The minimum absolute atomic E-state index is 0.0445. The molecular formula is C23H28N2O5. The summed E-state index contributed by atoms with van der Waals surface area (Å²) in [7, 11) is 1.62. The van der Waals surface area contributed by atoms with Gasteiger partial charge in [-0.2, -0.15) is 0 Å². The first kappa shape index (κ1) is 20.3. The molecule has 1 amide bonds. The third-order valence-electron chi connectivity index (χ3n) is 5.49. The lowest BCUT2D eigenvalue weighted by Gasteiger charge is -2.36. The monoisotopic (exact) mass is 412 g/mol. The predicted octanol–water partition coefficient (Wildman–Crippen LogP) is 2.93. The number of methoxy groups -OCH3 is 1. The second kappa shape index (κ2) is 9.26. The Balaban J connectivity index is 1.30. The van der Waals surface area contributed by atoms with E-state index in [1.807, 2.05) is 42.2 Å². The Morgan fingerprint density at radius 1 is 1.03 bits per heavy atom. The minimum Gasteiger partial charge on any atom is -0.497 e. The third kappa shape index (κ3) is 4.62. The van der Waals surface area contributed by atoms with E-state index in [0.717, 1.165) is 31.1 Å². The summed E-state index contributed by atoms with van der Waals surface area (Å²) in [4.78, 5) is 17.3. The van der Waals surface area contributed by atoms with Crippen LogP contribution in [0, 0.1) is 0 Å². The van der Waals surface area contributed by atoms with E-state index in [1.54, 1.807) is 13.2 Å². The highest BCUT2D eigenvalue weighted by Crippen LogP contribution is 2.33. The molecule has 30 heavy (non-hydrogen) atoms. The molecule has 0 N–H and O–H groups in total. The van der Waals surface area contributed by atoms with E-state index < -0.39 is 6.10 Å². The minimum atomic E-state index is -0.488. The summed E-state index contributed by atoms with van der Waals surface area (Å²) >= 11 is 0. The second-order valence-corrected chi connectivity index (χ2v) is 7.48. The predicted molar refractivity (Wildman–Crippen MR) is 112 cm³/mol. The maximum absolute atomic E-state index is 13.0. The van der Waals surface area contributed by atoms with Crippen molar-refractivity contribution in [2.45, 2.75) is 26.0 Å². The number of ether oxygens (including phenoxy) is 4.